The number of carbonyl (C=O) groups is 2. The first kappa shape index (κ1) is 19.1. The molecular formula is C22H26N2O3. The average Bonchev–Trinajstić information content (AvgIpc) is 3.51. The zero-order chi connectivity index (χ0) is 19.4. The van der Waals surface area contributed by atoms with Crippen molar-refractivity contribution in [1.29, 1.82) is 0 Å². The number of nitrogens with zero attached hydrogens (tertiary/aromatic N) is 1. The molecule has 142 valence electrons. The van der Waals surface area contributed by atoms with Gasteiger partial charge in [-0.05, 0) is 56.5 Å². The molecule has 3 rings (SSSR count). The smallest absolute Gasteiger partial charge is 0.241 e. The number of amides is 1. The van der Waals surface area contributed by atoms with Crippen molar-refractivity contribution in [3.63, 3.8) is 0 Å². The molecule has 2 aromatic rings. The second-order valence-electron chi connectivity index (χ2n) is 7.05. The fourth-order valence-electron chi connectivity index (χ4n) is 3.14. The summed E-state index contributed by atoms with van der Waals surface area (Å²) in [4.78, 5) is 26.6. The first-order valence-electron chi connectivity index (χ1n) is 9.28. The molecule has 27 heavy (non-hydrogen) atoms. The van der Waals surface area contributed by atoms with E-state index in [0.717, 1.165) is 30.7 Å². The molecule has 0 bridgehead atoms. The third-order valence-electron chi connectivity index (χ3n) is 4.95. The topological polar surface area (TPSA) is 58.6 Å². The average molecular weight is 366 g/mol. The molecule has 2 aromatic carbocycles. The highest BCUT2D eigenvalue weighted by atomic mass is 16.5. The molecule has 1 aliphatic rings. The quantitative estimate of drug-likeness (QED) is 0.720. The largest absolute Gasteiger partial charge is 0.497 e. The standard InChI is InChI=1S/C22H26N2O3/c1-15(22(26)23-19-6-4-5-18(13-19)16(2)25)24(20-9-10-20)14-17-7-11-21(27-3)12-8-17/h4-8,11-13,15,20H,9-10,14H2,1-3H3,(H,23,26)/t15-/m1/s1. The Bertz CT molecular complexity index is 813. The maximum absolute atomic E-state index is 12.8. The van der Waals surface area contributed by atoms with E-state index < -0.39 is 0 Å². The number of Topliss-reactive ketones (excluding diaryl/α,β-unsaturated/α-hetero) is 1. The lowest BCUT2D eigenvalue weighted by atomic mass is 10.1. The SMILES string of the molecule is COc1ccc(CN(C2CC2)[C@H](C)C(=O)Nc2cccc(C(C)=O)c2)cc1. The molecule has 0 saturated heterocycles. The van der Waals surface area contributed by atoms with E-state index in [-0.39, 0.29) is 17.7 Å². The molecule has 1 N–H and O–H groups in total. The minimum atomic E-state index is -0.263. The van der Waals surface area contributed by atoms with Gasteiger partial charge in [-0.25, -0.2) is 0 Å². The maximum atomic E-state index is 12.8. The Labute approximate surface area is 160 Å². The molecule has 1 saturated carbocycles. The first-order chi connectivity index (χ1) is 13.0. The van der Waals surface area contributed by atoms with Gasteiger partial charge in [0.1, 0.15) is 5.75 Å². The number of nitrogens with one attached hydrogen (secondary N) is 1. The summed E-state index contributed by atoms with van der Waals surface area (Å²) in [5.41, 5.74) is 2.40. The molecule has 1 aliphatic carbocycles. The van der Waals surface area contributed by atoms with Crippen LogP contribution in [0, 0.1) is 0 Å². The van der Waals surface area contributed by atoms with E-state index in [1.165, 1.54) is 6.92 Å². The Morgan fingerprint density at radius 3 is 2.48 bits per heavy atom. The van der Waals surface area contributed by atoms with Crippen molar-refractivity contribution in [2.75, 3.05) is 12.4 Å². The van der Waals surface area contributed by atoms with Crippen LogP contribution in [0.1, 0.15) is 42.6 Å². The van der Waals surface area contributed by atoms with E-state index in [4.69, 9.17) is 4.74 Å². The molecule has 0 aromatic heterocycles. The number of hydrogen-bond donors (Lipinski definition) is 1. The number of benzene rings is 2. The van der Waals surface area contributed by atoms with Gasteiger partial charge >= 0.3 is 0 Å². The summed E-state index contributed by atoms with van der Waals surface area (Å²) in [7, 11) is 1.65. The maximum Gasteiger partial charge on any atom is 0.241 e. The first-order valence-corrected chi connectivity index (χ1v) is 9.28. The molecule has 0 unspecified atom stereocenters. The molecule has 0 heterocycles. The van der Waals surface area contributed by atoms with Gasteiger partial charge in [0.25, 0.3) is 0 Å². The number of carbonyl (C=O) groups excluding carboxylic acids is 2. The summed E-state index contributed by atoms with van der Waals surface area (Å²) < 4.78 is 5.21. The number of methoxy groups -OCH3 is 1. The number of hydrogen-bond acceptors (Lipinski definition) is 4. The zero-order valence-corrected chi connectivity index (χ0v) is 16.1. The van der Waals surface area contributed by atoms with E-state index >= 15 is 0 Å². The highest BCUT2D eigenvalue weighted by molar-refractivity contribution is 5.98. The van der Waals surface area contributed by atoms with E-state index in [1.807, 2.05) is 37.3 Å². The van der Waals surface area contributed by atoms with Crippen LogP contribution in [0.5, 0.6) is 5.75 Å². The molecule has 1 fully saturated rings. The van der Waals surface area contributed by atoms with Crippen molar-refractivity contribution in [1.82, 2.24) is 4.90 Å². The summed E-state index contributed by atoms with van der Waals surface area (Å²) in [6.45, 7) is 4.18. The Balaban J connectivity index is 1.68. The van der Waals surface area contributed by atoms with E-state index in [0.29, 0.717) is 17.3 Å². The molecule has 0 aliphatic heterocycles. The Morgan fingerprint density at radius 1 is 1.19 bits per heavy atom. The lowest BCUT2D eigenvalue weighted by Gasteiger charge is -2.28. The predicted molar refractivity (Wildman–Crippen MR) is 106 cm³/mol. The molecule has 1 atom stereocenters. The minimum absolute atomic E-state index is 0.0155. The molecular weight excluding hydrogens is 340 g/mol. The van der Waals surface area contributed by atoms with Gasteiger partial charge in [0, 0.05) is 23.8 Å². The van der Waals surface area contributed by atoms with Crippen LogP contribution in [0.25, 0.3) is 0 Å². The van der Waals surface area contributed by atoms with Crippen molar-refractivity contribution in [3.8, 4) is 5.75 Å². The summed E-state index contributed by atoms with van der Waals surface area (Å²) in [5, 5.41) is 2.95. The monoisotopic (exact) mass is 366 g/mol. The highest BCUT2D eigenvalue weighted by Crippen LogP contribution is 2.31. The number of anilines is 1. The lowest BCUT2D eigenvalue weighted by Crippen LogP contribution is -2.43. The third-order valence-corrected chi connectivity index (χ3v) is 4.95. The van der Waals surface area contributed by atoms with Crippen molar-refractivity contribution < 1.29 is 14.3 Å². The van der Waals surface area contributed by atoms with Crippen LogP contribution in [0.3, 0.4) is 0 Å². The zero-order valence-electron chi connectivity index (χ0n) is 16.1. The van der Waals surface area contributed by atoms with Gasteiger partial charge in [-0.3, -0.25) is 14.5 Å². The third kappa shape index (κ3) is 4.95. The van der Waals surface area contributed by atoms with Crippen molar-refractivity contribution in [3.05, 3.63) is 59.7 Å². The normalized spacial score (nSPS) is 14.7. The number of ether oxygens (including phenoxy) is 1. The van der Waals surface area contributed by atoms with Gasteiger partial charge in [-0.15, -0.1) is 0 Å². The van der Waals surface area contributed by atoms with Crippen LogP contribution >= 0.6 is 0 Å². The van der Waals surface area contributed by atoms with Gasteiger partial charge in [-0.2, -0.15) is 0 Å². The lowest BCUT2D eigenvalue weighted by molar-refractivity contribution is -0.121. The van der Waals surface area contributed by atoms with E-state index in [1.54, 1.807) is 25.3 Å². The van der Waals surface area contributed by atoms with Gasteiger partial charge in [0.2, 0.25) is 5.91 Å². The van der Waals surface area contributed by atoms with Crippen molar-refractivity contribution in [2.24, 2.45) is 0 Å². The van der Waals surface area contributed by atoms with Crippen LogP contribution < -0.4 is 10.1 Å². The number of rotatable bonds is 8. The fourth-order valence-corrected chi connectivity index (χ4v) is 3.14. The van der Waals surface area contributed by atoms with Crippen LogP contribution in [0.2, 0.25) is 0 Å². The summed E-state index contributed by atoms with van der Waals surface area (Å²) in [6, 6.07) is 15.2. The second kappa shape index (κ2) is 8.35. The Morgan fingerprint density at radius 2 is 1.89 bits per heavy atom. The fraction of sp³-hybridized carbons (Fsp3) is 0.364. The van der Waals surface area contributed by atoms with Gasteiger partial charge in [0.05, 0.1) is 13.2 Å². The molecule has 0 spiro atoms. The second-order valence-corrected chi connectivity index (χ2v) is 7.05. The Hall–Kier alpha value is -2.66. The molecule has 1 amide bonds. The van der Waals surface area contributed by atoms with Crippen molar-refractivity contribution in [2.45, 2.75) is 45.3 Å². The van der Waals surface area contributed by atoms with E-state index in [9.17, 15) is 9.59 Å². The molecule has 0 radical (unpaired) electrons. The van der Waals surface area contributed by atoms with Gasteiger partial charge < -0.3 is 10.1 Å². The predicted octanol–water partition coefficient (Wildman–Crippen LogP) is 3.89. The minimum Gasteiger partial charge on any atom is -0.497 e. The van der Waals surface area contributed by atoms with Crippen LogP contribution in [0.4, 0.5) is 5.69 Å². The summed E-state index contributed by atoms with van der Waals surface area (Å²) in [5.74, 6) is 0.752. The van der Waals surface area contributed by atoms with Crippen LogP contribution in [0.15, 0.2) is 48.5 Å². The van der Waals surface area contributed by atoms with Crippen LogP contribution in [-0.2, 0) is 11.3 Å². The van der Waals surface area contributed by atoms with Crippen LogP contribution in [-0.4, -0.2) is 35.8 Å². The van der Waals surface area contributed by atoms with Gasteiger partial charge in [-0.1, -0.05) is 24.3 Å². The van der Waals surface area contributed by atoms with Crippen molar-refractivity contribution >= 4 is 17.4 Å². The molecule has 5 nitrogen and oxygen atoms in total. The number of ketones is 1. The van der Waals surface area contributed by atoms with Gasteiger partial charge in [0.15, 0.2) is 5.78 Å². The molecule has 5 heteroatoms. The highest BCUT2D eigenvalue weighted by Gasteiger charge is 2.35. The summed E-state index contributed by atoms with van der Waals surface area (Å²) >= 11 is 0. The summed E-state index contributed by atoms with van der Waals surface area (Å²) in [6.07, 6.45) is 2.24. The Kier molecular flexibility index (Phi) is 5.91. The van der Waals surface area contributed by atoms with E-state index in [2.05, 4.69) is 10.2 Å².